The van der Waals surface area contributed by atoms with Crippen molar-refractivity contribution in [3.8, 4) is 0 Å². The van der Waals surface area contributed by atoms with Crippen LogP contribution in [-0.2, 0) is 11.8 Å². The summed E-state index contributed by atoms with van der Waals surface area (Å²) in [7, 11) is 2.04. The number of aromatic nitrogens is 1. The molecule has 0 bridgehead atoms. The van der Waals surface area contributed by atoms with Crippen molar-refractivity contribution >= 4 is 28.4 Å². The van der Waals surface area contributed by atoms with Crippen molar-refractivity contribution in [1.29, 1.82) is 0 Å². The Morgan fingerprint density at radius 3 is 2.33 bits per heavy atom. The third kappa shape index (κ3) is 4.27. The minimum absolute atomic E-state index is 0.0271. The van der Waals surface area contributed by atoms with Crippen LogP contribution >= 0.6 is 11.6 Å². The Balaban J connectivity index is 1.66. The molecular weight excluding hydrogens is 392 g/mol. The quantitative estimate of drug-likeness (QED) is 0.397. The van der Waals surface area contributed by atoms with Gasteiger partial charge < -0.3 is 9.88 Å². The molecule has 0 aliphatic carbocycles. The van der Waals surface area contributed by atoms with Gasteiger partial charge in [0, 0.05) is 41.5 Å². The van der Waals surface area contributed by atoms with Crippen LogP contribution < -0.4 is 5.32 Å². The first-order valence-corrected chi connectivity index (χ1v) is 10.5. The Kier molecular flexibility index (Phi) is 5.91. The SMILES string of the molecule is CC(NC(=O)CC(c1ccc(Cl)cc1)c1cn(C)c2ccccc12)c1ccccc1. The Bertz CT molecular complexity index is 1150. The van der Waals surface area contributed by atoms with Gasteiger partial charge in [-0.25, -0.2) is 0 Å². The summed E-state index contributed by atoms with van der Waals surface area (Å²) >= 11 is 6.12. The van der Waals surface area contributed by atoms with Crippen LogP contribution in [0.15, 0.2) is 85.1 Å². The van der Waals surface area contributed by atoms with Crippen LogP contribution in [-0.4, -0.2) is 10.5 Å². The van der Waals surface area contributed by atoms with Gasteiger partial charge in [-0.3, -0.25) is 4.79 Å². The first kappa shape index (κ1) is 20.2. The fourth-order valence-corrected chi connectivity index (χ4v) is 4.19. The molecule has 0 fully saturated rings. The molecule has 1 heterocycles. The molecule has 0 radical (unpaired) electrons. The van der Waals surface area contributed by atoms with Gasteiger partial charge in [-0.05, 0) is 41.8 Å². The number of benzene rings is 3. The number of halogens is 1. The molecule has 0 saturated carbocycles. The Morgan fingerprint density at radius 2 is 1.60 bits per heavy atom. The molecule has 30 heavy (non-hydrogen) atoms. The second-order valence-corrected chi connectivity index (χ2v) is 8.16. The molecule has 4 rings (SSSR count). The van der Waals surface area contributed by atoms with Gasteiger partial charge in [0.2, 0.25) is 5.91 Å². The largest absolute Gasteiger partial charge is 0.350 e. The zero-order valence-electron chi connectivity index (χ0n) is 17.2. The van der Waals surface area contributed by atoms with E-state index in [1.165, 1.54) is 5.39 Å². The van der Waals surface area contributed by atoms with E-state index >= 15 is 0 Å². The van der Waals surface area contributed by atoms with Gasteiger partial charge in [-0.1, -0.05) is 72.3 Å². The van der Waals surface area contributed by atoms with E-state index in [1.54, 1.807) is 0 Å². The number of nitrogens with one attached hydrogen (secondary N) is 1. The summed E-state index contributed by atoms with van der Waals surface area (Å²) in [5, 5.41) is 5.02. The fraction of sp³-hybridized carbons (Fsp3) is 0.192. The Hall–Kier alpha value is -3.04. The van der Waals surface area contributed by atoms with Crippen molar-refractivity contribution in [3.63, 3.8) is 0 Å². The van der Waals surface area contributed by atoms with E-state index in [0.717, 1.165) is 22.2 Å². The van der Waals surface area contributed by atoms with Crippen LogP contribution in [0.4, 0.5) is 0 Å². The number of rotatable bonds is 6. The highest BCUT2D eigenvalue weighted by Crippen LogP contribution is 2.35. The molecule has 3 aromatic carbocycles. The van der Waals surface area contributed by atoms with Crippen molar-refractivity contribution in [1.82, 2.24) is 9.88 Å². The van der Waals surface area contributed by atoms with Gasteiger partial charge in [0.15, 0.2) is 0 Å². The number of nitrogens with zero attached hydrogens (tertiary/aromatic N) is 1. The molecule has 0 saturated heterocycles. The fourth-order valence-electron chi connectivity index (χ4n) is 4.06. The average Bonchev–Trinajstić information content (AvgIpc) is 3.10. The minimum Gasteiger partial charge on any atom is -0.350 e. The van der Waals surface area contributed by atoms with E-state index in [-0.39, 0.29) is 17.9 Å². The molecule has 4 aromatic rings. The average molecular weight is 417 g/mol. The van der Waals surface area contributed by atoms with Gasteiger partial charge in [-0.2, -0.15) is 0 Å². The zero-order valence-corrected chi connectivity index (χ0v) is 17.9. The summed E-state index contributed by atoms with van der Waals surface area (Å²) < 4.78 is 2.12. The molecule has 2 unspecified atom stereocenters. The van der Waals surface area contributed by atoms with Crippen LogP contribution in [0.5, 0.6) is 0 Å². The number of fused-ring (bicyclic) bond motifs is 1. The number of hydrogen-bond acceptors (Lipinski definition) is 1. The van der Waals surface area contributed by atoms with Crippen molar-refractivity contribution in [3.05, 3.63) is 107 Å². The highest BCUT2D eigenvalue weighted by molar-refractivity contribution is 6.30. The predicted molar refractivity (Wildman–Crippen MR) is 124 cm³/mol. The highest BCUT2D eigenvalue weighted by atomic mass is 35.5. The lowest BCUT2D eigenvalue weighted by atomic mass is 9.88. The summed E-state index contributed by atoms with van der Waals surface area (Å²) in [6.07, 6.45) is 2.50. The first-order valence-electron chi connectivity index (χ1n) is 10.2. The smallest absolute Gasteiger partial charge is 0.221 e. The van der Waals surface area contributed by atoms with Gasteiger partial charge in [-0.15, -0.1) is 0 Å². The maximum absolute atomic E-state index is 13.0. The van der Waals surface area contributed by atoms with Crippen LogP contribution in [0, 0.1) is 0 Å². The van der Waals surface area contributed by atoms with Crippen molar-refractivity contribution in [2.45, 2.75) is 25.3 Å². The molecule has 1 N–H and O–H groups in total. The standard InChI is InChI=1S/C26H25ClN2O/c1-18(19-8-4-3-5-9-19)28-26(30)16-23(20-12-14-21(27)15-13-20)24-17-29(2)25-11-7-6-10-22(24)25/h3-15,17-18,23H,16H2,1-2H3,(H,28,30). The zero-order chi connectivity index (χ0) is 21.1. The maximum Gasteiger partial charge on any atom is 0.221 e. The monoisotopic (exact) mass is 416 g/mol. The van der Waals surface area contributed by atoms with Crippen LogP contribution in [0.1, 0.15) is 42.0 Å². The van der Waals surface area contributed by atoms with E-state index in [1.807, 2.05) is 80.7 Å². The molecular formula is C26H25ClN2O. The van der Waals surface area contributed by atoms with Crippen molar-refractivity contribution < 1.29 is 4.79 Å². The summed E-state index contributed by atoms with van der Waals surface area (Å²) in [5.74, 6) is -0.0319. The number of carbonyl (C=O) groups excluding carboxylic acids is 1. The number of para-hydroxylation sites is 1. The van der Waals surface area contributed by atoms with E-state index in [2.05, 4.69) is 28.2 Å². The van der Waals surface area contributed by atoms with Crippen molar-refractivity contribution in [2.75, 3.05) is 0 Å². The molecule has 1 aromatic heterocycles. The molecule has 152 valence electrons. The molecule has 3 nitrogen and oxygen atoms in total. The summed E-state index contributed by atoms with van der Waals surface area (Å²) in [5.41, 5.74) is 4.49. The van der Waals surface area contributed by atoms with Gasteiger partial charge in [0.05, 0.1) is 6.04 Å². The van der Waals surface area contributed by atoms with Crippen LogP contribution in [0.2, 0.25) is 5.02 Å². The second kappa shape index (κ2) is 8.76. The lowest BCUT2D eigenvalue weighted by molar-refractivity contribution is -0.121. The summed E-state index contributed by atoms with van der Waals surface area (Å²) in [6, 6.07) is 26.1. The topological polar surface area (TPSA) is 34.0 Å². The molecule has 1 amide bonds. The number of carbonyl (C=O) groups is 1. The Morgan fingerprint density at radius 1 is 0.933 bits per heavy atom. The Labute approximate surface area is 182 Å². The third-order valence-corrected chi connectivity index (χ3v) is 5.89. The molecule has 0 aliphatic rings. The highest BCUT2D eigenvalue weighted by Gasteiger charge is 2.23. The minimum atomic E-state index is -0.0589. The van der Waals surface area contributed by atoms with E-state index in [4.69, 9.17) is 11.6 Å². The predicted octanol–water partition coefficient (Wildman–Crippen LogP) is 6.23. The third-order valence-electron chi connectivity index (χ3n) is 5.64. The van der Waals surface area contributed by atoms with Crippen LogP contribution in [0.3, 0.4) is 0 Å². The summed E-state index contributed by atoms with van der Waals surface area (Å²) in [6.45, 7) is 2.02. The number of aryl methyl sites for hydroxylation is 1. The van der Waals surface area contributed by atoms with Crippen LogP contribution in [0.25, 0.3) is 10.9 Å². The van der Waals surface area contributed by atoms with E-state index in [0.29, 0.717) is 11.4 Å². The molecule has 0 aliphatic heterocycles. The maximum atomic E-state index is 13.0. The number of amides is 1. The normalized spacial score (nSPS) is 13.2. The first-order chi connectivity index (χ1) is 14.5. The summed E-state index contributed by atoms with van der Waals surface area (Å²) in [4.78, 5) is 13.0. The lowest BCUT2D eigenvalue weighted by Gasteiger charge is -2.20. The molecule has 0 spiro atoms. The van der Waals surface area contributed by atoms with Gasteiger partial charge in [0.1, 0.15) is 0 Å². The van der Waals surface area contributed by atoms with Crippen molar-refractivity contribution in [2.24, 2.45) is 7.05 Å². The van der Waals surface area contributed by atoms with Gasteiger partial charge in [0.25, 0.3) is 0 Å². The molecule has 4 heteroatoms. The van der Waals surface area contributed by atoms with E-state index < -0.39 is 0 Å². The van der Waals surface area contributed by atoms with Gasteiger partial charge >= 0.3 is 0 Å². The second-order valence-electron chi connectivity index (χ2n) is 7.72. The lowest BCUT2D eigenvalue weighted by Crippen LogP contribution is -2.28. The number of hydrogen-bond donors (Lipinski definition) is 1. The van der Waals surface area contributed by atoms with E-state index in [9.17, 15) is 4.79 Å². The molecule has 2 atom stereocenters.